The number of nitriles is 1. The van der Waals surface area contributed by atoms with Gasteiger partial charge in [-0.3, -0.25) is 9.69 Å². The summed E-state index contributed by atoms with van der Waals surface area (Å²) >= 11 is 0. The van der Waals surface area contributed by atoms with Gasteiger partial charge in [0.15, 0.2) is 0 Å². The second kappa shape index (κ2) is 4.24. The largest absolute Gasteiger partial charge is 0.369 e. The van der Waals surface area contributed by atoms with Crippen molar-refractivity contribution >= 4 is 5.91 Å². The van der Waals surface area contributed by atoms with Crippen LogP contribution < -0.4 is 5.73 Å². The zero-order chi connectivity index (χ0) is 9.84. The summed E-state index contributed by atoms with van der Waals surface area (Å²) in [5.41, 5.74) is 5.20. The third-order valence-corrected chi connectivity index (χ3v) is 2.67. The normalized spacial score (nSPS) is 22.2. The van der Waals surface area contributed by atoms with Crippen LogP contribution in [-0.2, 0) is 4.79 Å². The molecule has 1 fully saturated rings. The lowest BCUT2D eigenvalue weighted by Gasteiger charge is -2.31. The third kappa shape index (κ3) is 2.43. The van der Waals surface area contributed by atoms with Crippen molar-refractivity contribution in [2.75, 3.05) is 13.1 Å². The molecule has 0 aliphatic carbocycles. The van der Waals surface area contributed by atoms with E-state index in [0.29, 0.717) is 0 Å². The molecule has 1 atom stereocenters. The molecule has 0 saturated carbocycles. The molecule has 0 aromatic heterocycles. The van der Waals surface area contributed by atoms with E-state index in [9.17, 15) is 4.79 Å². The van der Waals surface area contributed by atoms with Gasteiger partial charge in [0.2, 0.25) is 5.91 Å². The Labute approximate surface area is 78.3 Å². The van der Waals surface area contributed by atoms with Crippen LogP contribution in [0.3, 0.4) is 0 Å². The number of piperidine rings is 1. The monoisotopic (exact) mass is 181 g/mol. The quantitative estimate of drug-likeness (QED) is 0.656. The van der Waals surface area contributed by atoms with Crippen LogP contribution in [0, 0.1) is 17.2 Å². The highest BCUT2D eigenvalue weighted by Crippen LogP contribution is 2.17. The Morgan fingerprint density at radius 2 is 2.15 bits per heavy atom. The molecule has 1 aliphatic heterocycles. The number of amides is 1. The molecule has 4 heteroatoms. The molecule has 1 aliphatic rings. The van der Waals surface area contributed by atoms with Crippen molar-refractivity contribution in [2.45, 2.75) is 25.8 Å². The summed E-state index contributed by atoms with van der Waals surface area (Å²) in [6, 6.07) is 2.14. The fourth-order valence-corrected chi connectivity index (χ4v) is 1.65. The van der Waals surface area contributed by atoms with Gasteiger partial charge in [0.05, 0.1) is 12.1 Å². The number of primary amides is 1. The molecular formula is C9H15N3O. The van der Waals surface area contributed by atoms with Crippen LogP contribution in [0.15, 0.2) is 0 Å². The fourth-order valence-electron chi connectivity index (χ4n) is 1.65. The molecule has 0 aromatic carbocycles. The number of likely N-dealkylation sites (tertiary alicyclic amines) is 1. The molecule has 1 unspecified atom stereocenters. The van der Waals surface area contributed by atoms with E-state index >= 15 is 0 Å². The summed E-state index contributed by atoms with van der Waals surface area (Å²) in [6.45, 7) is 3.50. The van der Waals surface area contributed by atoms with E-state index in [1.165, 1.54) is 0 Å². The van der Waals surface area contributed by atoms with Crippen LogP contribution >= 0.6 is 0 Å². The lowest BCUT2D eigenvalue weighted by atomic mass is 9.95. The molecule has 1 heterocycles. The Morgan fingerprint density at radius 1 is 1.62 bits per heavy atom. The van der Waals surface area contributed by atoms with E-state index in [1.807, 2.05) is 6.92 Å². The van der Waals surface area contributed by atoms with E-state index in [0.717, 1.165) is 25.9 Å². The van der Waals surface area contributed by atoms with E-state index < -0.39 is 0 Å². The van der Waals surface area contributed by atoms with Gasteiger partial charge in [0, 0.05) is 19.0 Å². The predicted octanol–water partition coefficient (Wildman–Crippen LogP) is 0.0958. The van der Waals surface area contributed by atoms with Crippen molar-refractivity contribution in [3.8, 4) is 6.07 Å². The minimum atomic E-state index is -0.204. The number of hydrogen-bond donors (Lipinski definition) is 1. The smallest absolute Gasteiger partial charge is 0.220 e. The molecule has 4 nitrogen and oxygen atoms in total. The van der Waals surface area contributed by atoms with Crippen LogP contribution in [-0.4, -0.2) is 29.9 Å². The van der Waals surface area contributed by atoms with Gasteiger partial charge in [-0.1, -0.05) is 0 Å². The summed E-state index contributed by atoms with van der Waals surface area (Å²) in [6.07, 6.45) is 1.59. The Balaban J connectivity index is 2.40. The average molecular weight is 181 g/mol. The number of carbonyl (C=O) groups is 1. The van der Waals surface area contributed by atoms with Crippen LogP contribution in [0.2, 0.25) is 0 Å². The third-order valence-electron chi connectivity index (χ3n) is 2.67. The Morgan fingerprint density at radius 3 is 2.54 bits per heavy atom. The Hall–Kier alpha value is -1.08. The van der Waals surface area contributed by atoms with Crippen LogP contribution in [0.5, 0.6) is 0 Å². The number of nitrogens with two attached hydrogens (primary N) is 1. The maximum Gasteiger partial charge on any atom is 0.220 e. The predicted molar refractivity (Wildman–Crippen MR) is 48.6 cm³/mol. The van der Waals surface area contributed by atoms with Crippen LogP contribution in [0.25, 0.3) is 0 Å². The number of rotatable bonds is 2. The van der Waals surface area contributed by atoms with E-state index in [2.05, 4.69) is 11.0 Å². The first-order valence-electron chi connectivity index (χ1n) is 4.58. The maximum absolute atomic E-state index is 10.8. The highest BCUT2D eigenvalue weighted by molar-refractivity contribution is 5.76. The highest BCUT2D eigenvalue weighted by atomic mass is 16.1. The maximum atomic E-state index is 10.8. The fraction of sp³-hybridized carbons (Fsp3) is 0.778. The van der Waals surface area contributed by atoms with Gasteiger partial charge in [-0.05, 0) is 19.8 Å². The van der Waals surface area contributed by atoms with Crippen molar-refractivity contribution < 1.29 is 4.79 Å². The van der Waals surface area contributed by atoms with Gasteiger partial charge in [0.25, 0.3) is 0 Å². The standard InChI is InChI=1S/C9H15N3O/c1-7(6-10)12-4-2-8(3-5-12)9(11)13/h7-8H,2-5H2,1H3,(H2,11,13). The summed E-state index contributed by atoms with van der Waals surface area (Å²) in [5.74, 6) is -0.189. The number of hydrogen-bond acceptors (Lipinski definition) is 3. The number of nitrogens with zero attached hydrogens (tertiary/aromatic N) is 2. The van der Waals surface area contributed by atoms with Crippen molar-refractivity contribution in [3.05, 3.63) is 0 Å². The SMILES string of the molecule is CC(C#N)N1CCC(C(N)=O)CC1. The molecular weight excluding hydrogens is 166 g/mol. The van der Waals surface area contributed by atoms with E-state index in [4.69, 9.17) is 11.0 Å². The van der Waals surface area contributed by atoms with Crippen molar-refractivity contribution in [1.82, 2.24) is 4.90 Å². The zero-order valence-electron chi connectivity index (χ0n) is 7.86. The second-order valence-electron chi connectivity index (χ2n) is 3.52. The molecule has 1 rings (SSSR count). The lowest BCUT2D eigenvalue weighted by Crippen LogP contribution is -2.42. The van der Waals surface area contributed by atoms with Gasteiger partial charge in [-0.15, -0.1) is 0 Å². The highest BCUT2D eigenvalue weighted by Gasteiger charge is 2.25. The molecule has 0 radical (unpaired) electrons. The summed E-state index contributed by atoms with van der Waals surface area (Å²) < 4.78 is 0. The topological polar surface area (TPSA) is 70.1 Å². The number of carbonyl (C=O) groups excluding carboxylic acids is 1. The lowest BCUT2D eigenvalue weighted by molar-refractivity contribution is -0.123. The second-order valence-corrected chi connectivity index (χ2v) is 3.52. The van der Waals surface area contributed by atoms with E-state index in [1.54, 1.807) is 0 Å². The minimum Gasteiger partial charge on any atom is -0.369 e. The van der Waals surface area contributed by atoms with Crippen LogP contribution in [0.4, 0.5) is 0 Å². The minimum absolute atomic E-state index is 0.0159. The molecule has 72 valence electrons. The van der Waals surface area contributed by atoms with Gasteiger partial charge >= 0.3 is 0 Å². The van der Waals surface area contributed by atoms with E-state index in [-0.39, 0.29) is 17.9 Å². The molecule has 13 heavy (non-hydrogen) atoms. The van der Waals surface area contributed by atoms with Gasteiger partial charge in [-0.25, -0.2) is 0 Å². The Kier molecular flexibility index (Phi) is 3.26. The van der Waals surface area contributed by atoms with Gasteiger partial charge in [0.1, 0.15) is 0 Å². The molecule has 0 bridgehead atoms. The molecule has 2 N–H and O–H groups in total. The summed E-state index contributed by atoms with van der Waals surface area (Å²) in [4.78, 5) is 12.9. The first kappa shape index (κ1) is 10.0. The van der Waals surface area contributed by atoms with Gasteiger partial charge < -0.3 is 5.73 Å². The first-order valence-corrected chi connectivity index (χ1v) is 4.58. The Bertz CT molecular complexity index is 226. The molecule has 1 amide bonds. The molecule has 0 aromatic rings. The summed E-state index contributed by atoms with van der Waals surface area (Å²) in [7, 11) is 0. The molecule has 1 saturated heterocycles. The first-order chi connectivity index (χ1) is 6.15. The van der Waals surface area contributed by atoms with Crippen molar-refractivity contribution in [2.24, 2.45) is 11.7 Å². The summed E-state index contributed by atoms with van der Waals surface area (Å²) in [5, 5.41) is 8.68. The average Bonchev–Trinajstić information content (AvgIpc) is 2.17. The van der Waals surface area contributed by atoms with Crippen LogP contribution in [0.1, 0.15) is 19.8 Å². The van der Waals surface area contributed by atoms with Crippen molar-refractivity contribution in [1.29, 1.82) is 5.26 Å². The van der Waals surface area contributed by atoms with Crippen molar-refractivity contribution in [3.63, 3.8) is 0 Å². The zero-order valence-corrected chi connectivity index (χ0v) is 7.86. The molecule has 0 spiro atoms. The van der Waals surface area contributed by atoms with Gasteiger partial charge in [-0.2, -0.15) is 5.26 Å².